The van der Waals surface area contributed by atoms with Crippen molar-refractivity contribution < 1.29 is 18.4 Å². The van der Waals surface area contributed by atoms with Crippen LogP contribution in [-0.2, 0) is 4.79 Å². The standard InChI is InChI=1S/C22H15FN2O3/c23-17-10-8-15(9-11-17)13-18-22(27)25(14-19(26)20-7-4-12-28-20)21(24-18)16-5-2-1-3-6-16/h1-13H,14H2/b18-13-. The second kappa shape index (κ2) is 7.44. The smallest absolute Gasteiger partial charge is 0.278 e. The Kier molecular flexibility index (Phi) is 4.68. The molecule has 3 aromatic rings. The summed E-state index contributed by atoms with van der Waals surface area (Å²) in [5, 5.41) is 0. The number of carbonyl (C=O) groups is 2. The minimum Gasteiger partial charge on any atom is -0.461 e. The van der Waals surface area contributed by atoms with Crippen molar-refractivity contribution in [2.24, 2.45) is 4.99 Å². The van der Waals surface area contributed by atoms with Gasteiger partial charge < -0.3 is 4.42 Å². The summed E-state index contributed by atoms with van der Waals surface area (Å²) in [6, 6.07) is 18.1. The number of ketones is 1. The van der Waals surface area contributed by atoms with Crippen molar-refractivity contribution >= 4 is 23.6 Å². The molecule has 0 atom stereocenters. The van der Waals surface area contributed by atoms with Crippen molar-refractivity contribution in [1.82, 2.24) is 4.90 Å². The molecule has 2 aromatic carbocycles. The largest absolute Gasteiger partial charge is 0.461 e. The summed E-state index contributed by atoms with van der Waals surface area (Å²) in [6.07, 6.45) is 2.98. The lowest BCUT2D eigenvalue weighted by Crippen LogP contribution is -2.37. The van der Waals surface area contributed by atoms with E-state index in [1.54, 1.807) is 30.3 Å². The molecule has 2 heterocycles. The van der Waals surface area contributed by atoms with Crippen LogP contribution in [0.25, 0.3) is 6.08 Å². The highest BCUT2D eigenvalue weighted by molar-refractivity contribution is 6.21. The Morgan fingerprint density at radius 3 is 2.46 bits per heavy atom. The molecular weight excluding hydrogens is 359 g/mol. The van der Waals surface area contributed by atoms with Gasteiger partial charge in [0.05, 0.1) is 12.8 Å². The van der Waals surface area contributed by atoms with E-state index in [0.29, 0.717) is 17.0 Å². The Labute approximate surface area is 160 Å². The number of nitrogens with zero attached hydrogens (tertiary/aromatic N) is 2. The molecule has 6 heteroatoms. The van der Waals surface area contributed by atoms with E-state index in [1.807, 2.05) is 30.3 Å². The number of halogens is 1. The maximum atomic E-state index is 13.1. The van der Waals surface area contributed by atoms with E-state index in [0.717, 1.165) is 0 Å². The SMILES string of the molecule is O=C(CN1C(=O)/C(=C/c2ccc(F)cc2)N=C1c1ccccc1)c1ccco1. The Hall–Kier alpha value is -3.80. The van der Waals surface area contributed by atoms with Crippen molar-refractivity contribution in [1.29, 1.82) is 0 Å². The summed E-state index contributed by atoms with van der Waals surface area (Å²) in [4.78, 5) is 31.2. The van der Waals surface area contributed by atoms with Crippen LogP contribution < -0.4 is 0 Å². The molecule has 138 valence electrons. The summed E-state index contributed by atoms with van der Waals surface area (Å²) in [6.45, 7) is -0.194. The van der Waals surface area contributed by atoms with E-state index >= 15 is 0 Å². The fourth-order valence-electron chi connectivity index (χ4n) is 2.88. The molecule has 0 bridgehead atoms. The molecule has 0 saturated carbocycles. The molecule has 28 heavy (non-hydrogen) atoms. The molecule has 4 rings (SSSR count). The van der Waals surface area contributed by atoms with Gasteiger partial charge in [-0.2, -0.15) is 0 Å². The molecule has 1 aromatic heterocycles. The molecule has 0 unspecified atom stereocenters. The number of Topliss-reactive ketones (excluding diaryl/α,β-unsaturated/α-hetero) is 1. The second-order valence-corrected chi connectivity index (χ2v) is 6.17. The van der Waals surface area contributed by atoms with Gasteiger partial charge in [-0.25, -0.2) is 9.38 Å². The molecule has 1 aliphatic rings. The lowest BCUT2D eigenvalue weighted by Gasteiger charge is -2.17. The molecule has 0 N–H and O–H groups in total. The van der Waals surface area contributed by atoms with Gasteiger partial charge in [0.1, 0.15) is 17.3 Å². The molecule has 0 saturated heterocycles. The van der Waals surface area contributed by atoms with E-state index in [-0.39, 0.29) is 29.6 Å². The van der Waals surface area contributed by atoms with Crippen LogP contribution in [0.5, 0.6) is 0 Å². The predicted molar refractivity (Wildman–Crippen MR) is 102 cm³/mol. The van der Waals surface area contributed by atoms with Gasteiger partial charge in [0.2, 0.25) is 5.78 Å². The van der Waals surface area contributed by atoms with Crippen molar-refractivity contribution in [3.05, 3.63) is 101 Å². The lowest BCUT2D eigenvalue weighted by atomic mass is 10.1. The third kappa shape index (κ3) is 3.53. The number of aliphatic imine (C=N–C) groups is 1. The second-order valence-electron chi connectivity index (χ2n) is 6.17. The molecule has 0 aliphatic carbocycles. The van der Waals surface area contributed by atoms with Crippen LogP contribution in [0.1, 0.15) is 21.7 Å². The van der Waals surface area contributed by atoms with Gasteiger partial charge in [-0.1, -0.05) is 42.5 Å². The summed E-state index contributed by atoms with van der Waals surface area (Å²) in [5.74, 6) is -0.526. The number of amides is 1. The Morgan fingerprint density at radius 2 is 1.79 bits per heavy atom. The zero-order valence-corrected chi connectivity index (χ0v) is 14.7. The number of benzene rings is 2. The maximum absolute atomic E-state index is 13.1. The van der Waals surface area contributed by atoms with Gasteiger partial charge in [0.15, 0.2) is 5.76 Å². The van der Waals surface area contributed by atoms with Crippen molar-refractivity contribution in [2.45, 2.75) is 0 Å². The topological polar surface area (TPSA) is 62.9 Å². The van der Waals surface area contributed by atoms with Gasteiger partial charge in [-0.05, 0) is 35.9 Å². The number of hydrogen-bond donors (Lipinski definition) is 0. The molecule has 1 aliphatic heterocycles. The average Bonchev–Trinajstić information content (AvgIpc) is 3.35. The number of carbonyl (C=O) groups excluding carboxylic acids is 2. The van der Waals surface area contributed by atoms with Gasteiger partial charge in [0.25, 0.3) is 5.91 Å². The van der Waals surface area contributed by atoms with Gasteiger partial charge in [-0.15, -0.1) is 0 Å². The van der Waals surface area contributed by atoms with Gasteiger partial charge >= 0.3 is 0 Å². The van der Waals surface area contributed by atoms with E-state index in [4.69, 9.17) is 4.42 Å². The highest BCUT2D eigenvalue weighted by atomic mass is 19.1. The number of hydrogen-bond acceptors (Lipinski definition) is 4. The summed E-state index contributed by atoms with van der Waals surface area (Å²) < 4.78 is 18.3. The zero-order chi connectivity index (χ0) is 19.5. The highest BCUT2D eigenvalue weighted by Crippen LogP contribution is 2.23. The molecule has 5 nitrogen and oxygen atoms in total. The summed E-state index contributed by atoms with van der Waals surface area (Å²) in [5.41, 5.74) is 1.53. The van der Waals surface area contributed by atoms with Crippen LogP contribution in [0, 0.1) is 5.82 Å². The first-order chi connectivity index (χ1) is 13.6. The quantitative estimate of drug-likeness (QED) is 0.502. The molecule has 0 radical (unpaired) electrons. The van der Waals surface area contributed by atoms with Crippen LogP contribution in [0.15, 0.2) is 88.1 Å². The van der Waals surface area contributed by atoms with Crippen LogP contribution in [0.3, 0.4) is 0 Å². The van der Waals surface area contributed by atoms with Crippen LogP contribution >= 0.6 is 0 Å². The fraction of sp³-hybridized carbons (Fsp3) is 0.0455. The van der Waals surface area contributed by atoms with Crippen LogP contribution in [0.4, 0.5) is 4.39 Å². The third-order valence-corrected chi connectivity index (χ3v) is 4.25. The number of rotatable bonds is 5. The minimum absolute atomic E-state index is 0.177. The molecular formula is C22H15FN2O3. The maximum Gasteiger partial charge on any atom is 0.278 e. The van der Waals surface area contributed by atoms with Crippen molar-refractivity contribution in [3.8, 4) is 0 Å². The van der Waals surface area contributed by atoms with Crippen molar-refractivity contribution in [3.63, 3.8) is 0 Å². The predicted octanol–water partition coefficient (Wildman–Crippen LogP) is 3.93. The van der Waals surface area contributed by atoms with E-state index < -0.39 is 5.91 Å². The molecule has 0 fully saturated rings. The van der Waals surface area contributed by atoms with Gasteiger partial charge in [0, 0.05) is 5.56 Å². The Bertz CT molecular complexity index is 1070. The summed E-state index contributed by atoms with van der Waals surface area (Å²) >= 11 is 0. The average molecular weight is 374 g/mol. The first-order valence-electron chi connectivity index (χ1n) is 8.62. The third-order valence-electron chi connectivity index (χ3n) is 4.25. The lowest BCUT2D eigenvalue weighted by molar-refractivity contribution is -0.122. The monoisotopic (exact) mass is 374 g/mol. The fourth-order valence-corrected chi connectivity index (χ4v) is 2.88. The Morgan fingerprint density at radius 1 is 1.04 bits per heavy atom. The first kappa shape index (κ1) is 17.6. The number of amidine groups is 1. The van der Waals surface area contributed by atoms with Crippen LogP contribution in [0.2, 0.25) is 0 Å². The minimum atomic E-state index is -0.400. The van der Waals surface area contributed by atoms with Gasteiger partial charge in [-0.3, -0.25) is 14.5 Å². The Balaban J connectivity index is 1.70. The zero-order valence-electron chi connectivity index (χ0n) is 14.7. The molecule has 0 spiro atoms. The molecule has 1 amide bonds. The normalized spacial score (nSPS) is 15.2. The van der Waals surface area contributed by atoms with Crippen molar-refractivity contribution in [2.75, 3.05) is 6.54 Å². The van der Waals surface area contributed by atoms with E-state index in [1.165, 1.54) is 23.3 Å². The summed E-state index contributed by atoms with van der Waals surface area (Å²) in [7, 11) is 0. The van der Waals surface area contributed by atoms with E-state index in [9.17, 15) is 14.0 Å². The number of furan rings is 1. The highest BCUT2D eigenvalue weighted by Gasteiger charge is 2.33. The van der Waals surface area contributed by atoms with E-state index in [2.05, 4.69) is 4.99 Å². The first-order valence-corrected chi connectivity index (χ1v) is 8.62. The van der Waals surface area contributed by atoms with Crippen LogP contribution in [-0.4, -0.2) is 29.0 Å².